The van der Waals surface area contributed by atoms with Crippen molar-refractivity contribution in [3.05, 3.63) is 47.7 Å². The Balaban J connectivity index is 1.55. The molecule has 0 spiro atoms. The highest BCUT2D eigenvalue weighted by Crippen LogP contribution is 2.27. The summed E-state index contributed by atoms with van der Waals surface area (Å²) in [6.45, 7) is 5.39. The van der Waals surface area contributed by atoms with E-state index in [-0.39, 0.29) is 17.7 Å². The zero-order valence-electron chi connectivity index (χ0n) is 14.4. The largest absolute Gasteiger partial charge is 0.360 e. The van der Waals surface area contributed by atoms with E-state index < -0.39 is 0 Å². The van der Waals surface area contributed by atoms with Crippen LogP contribution in [-0.4, -0.2) is 43.7 Å². The average molecular weight is 339 g/mol. The van der Waals surface area contributed by atoms with Crippen LogP contribution in [0.4, 0.5) is 0 Å². The highest BCUT2D eigenvalue weighted by molar-refractivity contribution is 5.92. The SMILES string of the molecule is CC(C)c1cc(C(=O)N2CCCC(c3nnc4ccccn34)C2)no1. The fraction of sp³-hybridized carbons (Fsp3) is 0.444. The lowest BCUT2D eigenvalue weighted by Gasteiger charge is -2.31. The minimum atomic E-state index is -0.0748. The Morgan fingerprint density at radius 2 is 2.20 bits per heavy atom. The molecule has 1 unspecified atom stereocenters. The number of aromatic nitrogens is 4. The third-order valence-electron chi connectivity index (χ3n) is 4.73. The van der Waals surface area contributed by atoms with E-state index in [0.717, 1.165) is 36.6 Å². The number of carbonyl (C=O) groups is 1. The van der Waals surface area contributed by atoms with Gasteiger partial charge in [-0.1, -0.05) is 25.1 Å². The van der Waals surface area contributed by atoms with Gasteiger partial charge >= 0.3 is 0 Å². The Labute approximate surface area is 145 Å². The van der Waals surface area contributed by atoms with Crippen LogP contribution in [0.15, 0.2) is 35.0 Å². The van der Waals surface area contributed by atoms with Crippen LogP contribution in [0, 0.1) is 0 Å². The molecular formula is C18H21N5O2. The van der Waals surface area contributed by atoms with Crippen molar-refractivity contribution in [2.24, 2.45) is 0 Å². The van der Waals surface area contributed by atoms with E-state index >= 15 is 0 Å². The van der Waals surface area contributed by atoms with Crippen LogP contribution < -0.4 is 0 Å². The smallest absolute Gasteiger partial charge is 0.276 e. The summed E-state index contributed by atoms with van der Waals surface area (Å²) in [6.07, 6.45) is 3.90. The molecule has 0 saturated carbocycles. The average Bonchev–Trinajstić information content (AvgIpc) is 3.28. The molecule has 0 bridgehead atoms. The van der Waals surface area contributed by atoms with Crippen molar-refractivity contribution in [2.45, 2.75) is 38.5 Å². The van der Waals surface area contributed by atoms with Crippen LogP contribution in [0.5, 0.6) is 0 Å². The summed E-state index contributed by atoms with van der Waals surface area (Å²) < 4.78 is 7.28. The van der Waals surface area contributed by atoms with Gasteiger partial charge in [-0.3, -0.25) is 9.20 Å². The van der Waals surface area contributed by atoms with Crippen LogP contribution in [-0.2, 0) is 0 Å². The molecule has 0 aliphatic carbocycles. The van der Waals surface area contributed by atoms with Crippen molar-refractivity contribution >= 4 is 11.6 Å². The Bertz CT molecular complexity index is 898. The predicted octanol–water partition coefficient (Wildman–Crippen LogP) is 2.86. The van der Waals surface area contributed by atoms with Crippen LogP contribution in [0.3, 0.4) is 0 Å². The zero-order valence-corrected chi connectivity index (χ0v) is 14.4. The van der Waals surface area contributed by atoms with Crippen molar-refractivity contribution < 1.29 is 9.32 Å². The quantitative estimate of drug-likeness (QED) is 0.733. The van der Waals surface area contributed by atoms with Crippen LogP contribution >= 0.6 is 0 Å². The van der Waals surface area contributed by atoms with E-state index in [4.69, 9.17) is 4.52 Å². The number of hydrogen-bond acceptors (Lipinski definition) is 5. The standard InChI is InChI=1S/C18H21N5O2/c1-12(2)15-10-14(21-25-15)18(24)22-8-5-6-13(11-22)17-20-19-16-7-3-4-9-23(16)17/h3-4,7,9-10,12-13H,5-6,8,11H2,1-2H3. The van der Waals surface area contributed by atoms with Gasteiger partial charge in [0.05, 0.1) is 0 Å². The van der Waals surface area contributed by atoms with Crippen molar-refractivity contribution in [2.75, 3.05) is 13.1 Å². The second kappa shape index (κ2) is 6.31. The monoisotopic (exact) mass is 339 g/mol. The molecule has 1 amide bonds. The van der Waals surface area contributed by atoms with Gasteiger partial charge in [-0.15, -0.1) is 10.2 Å². The van der Waals surface area contributed by atoms with Gasteiger partial charge in [0.2, 0.25) is 0 Å². The minimum Gasteiger partial charge on any atom is -0.360 e. The van der Waals surface area contributed by atoms with Crippen molar-refractivity contribution in [3.63, 3.8) is 0 Å². The second-order valence-corrected chi connectivity index (χ2v) is 6.85. The van der Waals surface area contributed by atoms with Crippen molar-refractivity contribution in [3.8, 4) is 0 Å². The molecule has 4 heterocycles. The Morgan fingerprint density at radius 1 is 1.32 bits per heavy atom. The molecule has 1 atom stereocenters. The summed E-state index contributed by atoms with van der Waals surface area (Å²) in [5.74, 6) is 1.96. The summed E-state index contributed by atoms with van der Waals surface area (Å²) in [5, 5.41) is 12.5. The fourth-order valence-corrected chi connectivity index (χ4v) is 3.33. The Hall–Kier alpha value is -2.70. The highest BCUT2D eigenvalue weighted by atomic mass is 16.5. The van der Waals surface area contributed by atoms with Gasteiger partial charge in [-0.25, -0.2) is 0 Å². The molecule has 25 heavy (non-hydrogen) atoms. The molecule has 7 nitrogen and oxygen atoms in total. The summed E-state index contributed by atoms with van der Waals surface area (Å²) in [4.78, 5) is 14.6. The first kappa shape index (κ1) is 15.8. The van der Waals surface area contributed by atoms with Crippen molar-refractivity contribution in [1.82, 2.24) is 24.7 Å². The van der Waals surface area contributed by atoms with Crippen LogP contribution in [0.1, 0.15) is 60.6 Å². The lowest BCUT2D eigenvalue weighted by atomic mass is 9.97. The van der Waals surface area contributed by atoms with Gasteiger partial charge in [0.1, 0.15) is 11.6 Å². The van der Waals surface area contributed by atoms with E-state index in [0.29, 0.717) is 12.2 Å². The highest BCUT2D eigenvalue weighted by Gasteiger charge is 2.29. The number of likely N-dealkylation sites (tertiary alicyclic amines) is 1. The molecule has 1 saturated heterocycles. The first-order chi connectivity index (χ1) is 12.1. The van der Waals surface area contributed by atoms with Gasteiger partial charge in [-0.05, 0) is 25.0 Å². The third kappa shape index (κ3) is 2.90. The maximum Gasteiger partial charge on any atom is 0.276 e. The molecule has 3 aromatic rings. The number of pyridine rings is 1. The summed E-state index contributed by atoms with van der Waals surface area (Å²) in [6, 6.07) is 7.60. The zero-order chi connectivity index (χ0) is 17.4. The molecule has 0 N–H and O–H groups in total. The number of carbonyl (C=O) groups excluding carboxylic acids is 1. The Morgan fingerprint density at radius 3 is 3.00 bits per heavy atom. The third-order valence-corrected chi connectivity index (χ3v) is 4.73. The number of amides is 1. The normalized spacial score (nSPS) is 18.2. The Kier molecular flexibility index (Phi) is 3.99. The van der Waals surface area contributed by atoms with Gasteiger partial charge in [0.15, 0.2) is 11.3 Å². The number of fused-ring (bicyclic) bond motifs is 1. The molecule has 1 aliphatic rings. The molecular weight excluding hydrogens is 318 g/mol. The summed E-state index contributed by atoms with van der Waals surface area (Å²) in [7, 11) is 0. The molecule has 0 radical (unpaired) electrons. The fourth-order valence-electron chi connectivity index (χ4n) is 3.33. The molecule has 4 rings (SSSR count). The number of hydrogen-bond donors (Lipinski definition) is 0. The summed E-state index contributed by atoms with van der Waals surface area (Å²) >= 11 is 0. The minimum absolute atomic E-state index is 0.0748. The molecule has 130 valence electrons. The number of piperidine rings is 1. The van der Waals surface area contributed by atoms with Crippen LogP contribution in [0.2, 0.25) is 0 Å². The van der Waals surface area contributed by atoms with Crippen molar-refractivity contribution in [1.29, 1.82) is 0 Å². The lowest BCUT2D eigenvalue weighted by Crippen LogP contribution is -2.39. The van der Waals surface area contributed by atoms with E-state index in [1.165, 1.54) is 0 Å². The topological polar surface area (TPSA) is 76.5 Å². The molecule has 0 aromatic carbocycles. The first-order valence-corrected chi connectivity index (χ1v) is 8.69. The van der Waals surface area contributed by atoms with E-state index in [9.17, 15) is 4.79 Å². The second-order valence-electron chi connectivity index (χ2n) is 6.85. The maximum absolute atomic E-state index is 12.8. The maximum atomic E-state index is 12.8. The molecule has 1 aliphatic heterocycles. The molecule has 3 aromatic heterocycles. The van der Waals surface area contributed by atoms with Gasteiger partial charge < -0.3 is 9.42 Å². The van der Waals surface area contributed by atoms with Gasteiger partial charge in [0.25, 0.3) is 5.91 Å². The summed E-state index contributed by atoms with van der Waals surface area (Å²) in [5.41, 5.74) is 1.22. The van der Waals surface area contributed by atoms with Crippen LogP contribution in [0.25, 0.3) is 5.65 Å². The van der Waals surface area contributed by atoms with E-state index in [1.54, 1.807) is 6.07 Å². The molecule has 1 fully saturated rings. The first-order valence-electron chi connectivity index (χ1n) is 8.69. The lowest BCUT2D eigenvalue weighted by molar-refractivity contribution is 0.0693. The number of nitrogens with zero attached hydrogens (tertiary/aromatic N) is 5. The van der Waals surface area contributed by atoms with E-state index in [1.807, 2.05) is 47.5 Å². The van der Waals surface area contributed by atoms with E-state index in [2.05, 4.69) is 15.4 Å². The van der Waals surface area contributed by atoms with Gasteiger partial charge in [-0.2, -0.15) is 0 Å². The van der Waals surface area contributed by atoms with Gasteiger partial charge in [0, 0.05) is 37.2 Å². The predicted molar refractivity (Wildman–Crippen MR) is 91.5 cm³/mol. The molecule has 7 heteroatoms. The number of rotatable bonds is 3.